The molecule has 1 N–H and O–H groups in total. The standard InChI is InChI=1S/C24H32N2O3/c1-17-12-13-21(18(2)14-17)29-16-22(27)26(15-20-10-8-7-9-11-20)19(3)23(28)25-24(4,5)6/h7-14,19H,15-16H2,1-6H3,(H,25,28). The van der Waals surface area contributed by atoms with E-state index < -0.39 is 6.04 Å². The summed E-state index contributed by atoms with van der Waals surface area (Å²) in [4.78, 5) is 27.3. The number of rotatable bonds is 7. The van der Waals surface area contributed by atoms with E-state index >= 15 is 0 Å². The van der Waals surface area contributed by atoms with Crippen molar-refractivity contribution < 1.29 is 14.3 Å². The van der Waals surface area contributed by atoms with Crippen LogP contribution in [0.4, 0.5) is 0 Å². The first-order chi connectivity index (χ1) is 13.6. The number of nitrogens with zero attached hydrogens (tertiary/aromatic N) is 1. The van der Waals surface area contributed by atoms with E-state index in [1.165, 1.54) is 0 Å². The van der Waals surface area contributed by atoms with E-state index in [9.17, 15) is 9.59 Å². The molecule has 1 atom stereocenters. The van der Waals surface area contributed by atoms with Crippen molar-refractivity contribution in [3.8, 4) is 5.75 Å². The molecule has 0 radical (unpaired) electrons. The highest BCUT2D eigenvalue weighted by molar-refractivity contribution is 5.88. The number of benzene rings is 2. The van der Waals surface area contributed by atoms with Crippen molar-refractivity contribution in [3.63, 3.8) is 0 Å². The van der Waals surface area contributed by atoms with Gasteiger partial charge in [-0.2, -0.15) is 0 Å². The fourth-order valence-electron chi connectivity index (χ4n) is 3.02. The van der Waals surface area contributed by atoms with Crippen molar-refractivity contribution in [2.24, 2.45) is 0 Å². The second-order valence-corrected chi connectivity index (χ2v) is 8.48. The largest absolute Gasteiger partial charge is 0.483 e. The predicted molar refractivity (Wildman–Crippen MR) is 116 cm³/mol. The first-order valence-electron chi connectivity index (χ1n) is 9.92. The lowest BCUT2D eigenvalue weighted by Gasteiger charge is -2.31. The summed E-state index contributed by atoms with van der Waals surface area (Å²) in [5.41, 5.74) is 2.70. The molecule has 0 bridgehead atoms. The number of carbonyl (C=O) groups is 2. The van der Waals surface area contributed by atoms with Crippen molar-refractivity contribution in [2.45, 2.75) is 59.7 Å². The number of hydrogen-bond acceptors (Lipinski definition) is 3. The van der Waals surface area contributed by atoms with Crippen molar-refractivity contribution in [3.05, 3.63) is 65.2 Å². The van der Waals surface area contributed by atoms with Gasteiger partial charge in [-0.3, -0.25) is 9.59 Å². The first kappa shape index (κ1) is 22.5. The summed E-state index contributed by atoms with van der Waals surface area (Å²) in [5.74, 6) is 0.258. The van der Waals surface area contributed by atoms with Gasteiger partial charge in [0.1, 0.15) is 11.8 Å². The van der Waals surface area contributed by atoms with Gasteiger partial charge in [0.05, 0.1) is 0 Å². The third-order valence-electron chi connectivity index (χ3n) is 4.54. The molecule has 0 aliphatic rings. The van der Waals surface area contributed by atoms with Gasteiger partial charge >= 0.3 is 0 Å². The monoisotopic (exact) mass is 396 g/mol. The highest BCUT2D eigenvalue weighted by atomic mass is 16.5. The molecule has 5 nitrogen and oxygen atoms in total. The average Bonchev–Trinajstić information content (AvgIpc) is 2.64. The summed E-state index contributed by atoms with van der Waals surface area (Å²) >= 11 is 0. The zero-order valence-corrected chi connectivity index (χ0v) is 18.3. The highest BCUT2D eigenvalue weighted by Crippen LogP contribution is 2.19. The molecule has 5 heteroatoms. The van der Waals surface area contributed by atoms with Crippen LogP contribution in [0.15, 0.2) is 48.5 Å². The molecule has 2 amide bonds. The number of hydrogen-bond donors (Lipinski definition) is 1. The lowest BCUT2D eigenvalue weighted by molar-refractivity contribution is -0.142. The van der Waals surface area contributed by atoms with E-state index in [1.54, 1.807) is 11.8 Å². The van der Waals surface area contributed by atoms with Crippen LogP contribution in [0.1, 0.15) is 44.4 Å². The van der Waals surface area contributed by atoms with E-state index in [2.05, 4.69) is 5.32 Å². The number of aryl methyl sites for hydroxylation is 2. The summed E-state index contributed by atoms with van der Waals surface area (Å²) in [6.07, 6.45) is 0. The van der Waals surface area contributed by atoms with Crippen LogP contribution in [-0.4, -0.2) is 34.9 Å². The van der Waals surface area contributed by atoms with Gasteiger partial charge in [0.15, 0.2) is 6.61 Å². The Kier molecular flexibility index (Phi) is 7.43. The van der Waals surface area contributed by atoms with Crippen LogP contribution in [-0.2, 0) is 16.1 Å². The molecular weight excluding hydrogens is 364 g/mol. The van der Waals surface area contributed by atoms with Crippen molar-refractivity contribution in [1.29, 1.82) is 0 Å². The Morgan fingerprint density at radius 3 is 2.31 bits per heavy atom. The van der Waals surface area contributed by atoms with E-state index in [-0.39, 0.29) is 24.0 Å². The molecular formula is C24H32N2O3. The molecule has 0 fully saturated rings. The fourth-order valence-corrected chi connectivity index (χ4v) is 3.02. The van der Waals surface area contributed by atoms with E-state index in [1.807, 2.05) is 83.1 Å². The zero-order chi connectivity index (χ0) is 21.6. The van der Waals surface area contributed by atoms with Crippen LogP contribution in [0.5, 0.6) is 5.75 Å². The molecule has 0 aliphatic carbocycles. The minimum atomic E-state index is -0.621. The lowest BCUT2D eigenvalue weighted by atomic mass is 10.1. The Morgan fingerprint density at radius 1 is 1.07 bits per heavy atom. The van der Waals surface area contributed by atoms with E-state index in [4.69, 9.17) is 4.74 Å². The average molecular weight is 397 g/mol. The molecule has 2 rings (SSSR count). The van der Waals surface area contributed by atoms with E-state index in [0.717, 1.165) is 16.7 Å². The first-order valence-corrected chi connectivity index (χ1v) is 9.92. The van der Waals surface area contributed by atoms with Gasteiger partial charge in [-0.1, -0.05) is 48.0 Å². The van der Waals surface area contributed by atoms with Crippen LogP contribution in [0, 0.1) is 13.8 Å². The van der Waals surface area contributed by atoms with Crippen molar-refractivity contribution >= 4 is 11.8 Å². The molecule has 2 aromatic carbocycles. The normalized spacial score (nSPS) is 12.2. The molecule has 0 spiro atoms. The predicted octanol–water partition coefficient (Wildman–Crippen LogP) is 4.01. The Labute approximate surface area is 174 Å². The number of amides is 2. The summed E-state index contributed by atoms with van der Waals surface area (Å²) in [7, 11) is 0. The maximum atomic E-state index is 13.0. The molecule has 0 aromatic heterocycles. The number of ether oxygens (including phenoxy) is 1. The summed E-state index contributed by atoms with van der Waals surface area (Å²) in [6, 6.07) is 14.9. The second-order valence-electron chi connectivity index (χ2n) is 8.48. The summed E-state index contributed by atoms with van der Waals surface area (Å²) in [5, 5.41) is 2.96. The van der Waals surface area contributed by atoms with E-state index in [0.29, 0.717) is 12.3 Å². The van der Waals surface area contributed by atoms with Gasteiger partial charge in [-0.15, -0.1) is 0 Å². The van der Waals surface area contributed by atoms with Gasteiger partial charge in [0, 0.05) is 12.1 Å². The Morgan fingerprint density at radius 2 is 1.72 bits per heavy atom. The summed E-state index contributed by atoms with van der Waals surface area (Å²) in [6.45, 7) is 11.7. The van der Waals surface area contributed by atoms with Crippen molar-refractivity contribution in [2.75, 3.05) is 6.61 Å². The minimum Gasteiger partial charge on any atom is -0.483 e. The quantitative estimate of drug-likeness (QED) is 0.769. The molecule has 29 heavy (non-hydrogen) atoms. The van der Waals surface area contributed by atoms with Gasteiger partial charge < -0.3 is 15.0 Å². The van der Waals surface area contributed by atoms with Crippen LogP contribution in [0.3, 0.4) is 0 Å². The SMILES string of the molecule is Cc1ccc(OCC(=O)N(Cc2ccccc2)C(C)C(=O)NC(C)(C)C)c(C)c1. The molecule has 2 aromatic rings. The van der Waals surface area contributed by atoms with Gasteiger partial charge in [0.25, 0.3) is 5.91 Å². The van der Waals surface area contributed by atoms with Crippen molar-refractivity contribution in [1.82, 2.24) is 10.2 Å². The second kappa shape index (κ2) is 9.59. The maximum absolute atomic E-state index is 13.0. The third kappa shape index (κ3) is 6.93. The highest BCUT2D eigenvalue weighted by Gasteiger charge is 2.28. The molecule has 0 saturated heterocycles. The van der Waals surface area contributed by atoms with Crippen LogP contribution in [0.25, 0.3) is 0 Å². The Bertz CT molecular complexity index is 841. The summed E-state index contributed by atoms with van der Waals surface area (Å²) < 4.78 is 5.78. The van der Waals surface area contributed by atoms with Gasteiger partial charge in [0.2, 0.25) is 5.91 Å². The van der Waals surface area contributed by atoms with Crippen LogP contribution in [0.2, 0.25) is 0 Å². The number of carbonyl (C=O) groups excluding carboxylic acids is 2. The van der Waals surface area contributed by atoms with Crippen LogP contribution < -0.4 is 10.1 Å². The fraction of sp³-hybridized carbons (Fsp3) is 0.417. The lowest BCUT2D eigenvalue weighted by Crippen LogP contribution is -2.53. The third-order valence-corrected chi connectivity index (χ3v) is 4.54. The molecule has 0 saturated carbocycles. The minimum absolute atomic E-state index is 0.121. The van der Waals surface area contributed by atoms with Crippen LogP contribution >= 0.6 is 0 Å². The molecule has 1 unspecified atom stereocenters. The molecule has 0 heterocycles. The number of nitrogens with one attached hydrogen (secondary N) is 1. The Balaban J connectivity index is 2.16. The molecule has 0 aliphatic heterocycles. The topological polar surface area (TPSA) is 58.6 Å². The smallest absolute Gasteiger partial charge is 0.261 e. The Hall–Kier alpha value is -2.82. The van der Waals surface area contributed by atoms with Gasteiger partial charge in [-0.05, 0) is 58.7 Å². The molecule has 156 valence electrons. The maximum Gasteiger partial charge on any atom is 0.261 e. The van der Waals surface area contributed by atoms with Gasteiger partial charge in [-0.25, -0.2) is 0 Å². The zero-order valence-electron chi connectivity index (χ0n) is 18.3.